The van der Waals surface area contributed by atoms with Crippen LogP contribution in [0.4, 0.5) is 5.69 Å². The zero-order valence-electron chi connectivity index (χ0n) is 11.3. The Labute approximate surface area is 121 Å². The topological polar surface area (TPSA) is 85.4 Å². The first kappa shape index (κ1) is 14.3. The van der Waals surface area contributed by atoms with E-state index in [1.807, 2.05) is 0 Å². The number of hydrogen-bond acceptors (Lipinski definition) is 5. The monoisotopic (exact) mass is 284 g/mol. The number of nitro groups is 1. The Bertz CT molecular complexity index is 690. The van der Waals surface area contributed by atoms with Crippen LogP contribution in [0.25, 0.3) is 0 Å². The molecule has 0 saturated heterocycles. The lowest BCUT2D eigenvalue weighted by atomic mass is 10.1. The highest BCUT2D eigenvalue weighted by Crippen LogP contribution is 2.23. The second kappa shape index (κ2) is 6.39. The first-order valence-corrected chi connectivity index (χ1v) is 6.08. The lowest BCUT2D eigenvalue weighted by molar-refractivity contribution is -0.384. The standard InChI is InChI=1S/C15H12N2O4/c1-20-15-7-2-11(9-16)8-12(15)10-21-14-5-3-13(4-6-14)17(18)19/h2-8H,10H2,1H3. The fourth-order valence-corrected chi connectivity index (χ4v) is 1.79. The zero-order chi connectivity index (χ0) is 15.2. The molecule has 0 atom stereocenters. The summed E-state index contributed by atoms with van der Waals surface area (Å²) in [6, 6.07) is 12.9. The molecule has 0 amide bonds. The van der Waals surface area contributed by atoms with Crippen molar-refractivity contribution in [3.05, 3.63) is 63.7 Å². The van der Waals surface area contributed by atoms with Gasteiger partial charge in [0.15, 0.2) is 0 Å². The van der Waals surface area contributed by atoms with E-state index in [-0.39, 0.29) is 12.3 Å². The largest absolute Gasteiger partial charge is 0.496 e. The number of nitriles is 1. The van der Waals surface area contributed by atoms with E-state index in [0.29, 0.717) is 17.1 Å². The molecule has 2 rings (SSSR count). The fourth-order valence-electron chi connectivity index (χ4n) is 1.79. The van der Waals surface area contributed by atoms with Crippen molar-refractivity contribution >= 4 is 5.69 Å². The molecule has 0 aromatic heterocycles. The van der Waals surface area contributed by atoms with Crippen LogP contribution in [0.1, 0.15) is 11.1 Å². The summed E-state index contributed by atoms with van der Waals surface area (Å²) >= 11 is 0. The average molecular weight is 284 g/mol. The Morgan fingerprint density at radius 1 is 1.24 bits per heavy atom. The number of benzene rings is 2. The van der Waals surface area contributed by atoms with E-state index >= 15 is 0 Å². The number of rotatable bonds is 5. The third-order valence-corrected chi connectivity index (χ3v) is 2.85. The first-order chi connectivity index (χ1) is 10.1. The normalized spacial score (nSPS) is 9.71. The van der Waals surface area contributed by atoms with E-state index in [1.54, 1.807) is 18.2 Å². The van der Waals surface area contributed by atoms with Crippen LogP contribution < -0.4 is 9.47 Å². The number of nitrogens with zero attached hydrogens (tertiary/aromatic N) is 2. The molecule has 0 radical (unpaired) electrons. The van der Waals surface area contributed by atoms with Gasteiger partial charge in [-0.1, -0.05) is 0 Å². The summed E-state index contributed by atoms with van der Waals surface area (Å²) in [6.45, 7) is 0.205. The fraction of sp³-hybridized carbons (Fsp3) is 0.133. The Morgan fingerprint density at radius 2 is 1.95 bits per heavy atom. The third-order valence-electron chi connectivity index (χ3n) is 2.85. The highest BCUT2D eigenvalue weighted by molar-refractivity contribution is 5.42. The van der Waals surface area contributed by atoms with Crippen molar-refractivity contribution in [3.63, 3.8) is 0 Å². The molecule has 6 nitrogen and oxygen atoms in total. The second-order valence-electron chi connectivity index (χ2n) is 4.18. The summed E-state index contributed by atoms with van der Waals surface area (Å²) in [5.41, 5.74) is 1.25. The van der Waals surface area contributed by atoms with Crippen LogP contribution in [0.3, 0.4) is 0 Å². The van der Waals surface area contributed by atoms with Crippen LogP contribution in [0, 0.1) is 21.4 Å². The summed E-state index contributed by atoms with van der Waals surface area (Å²) in [5, 5.41) is 19.5. The van der Waals surface area contributed by atoms with Crippen molar-refractivity contribution in [1.29, 1.82) is 5.26 Å². The zero-order valence-corrected chi connectivity index (χ0v) is 11.3. The molecular formula is C15H12N2O4. The van der Waals surface area contributed by atoms with Gasteiger partial charge in [-0.05, 0) is 30.3 Å². The van der Waals surface area contributed by atoms with Gasteiger partial charge < -0.3 is 9.47 Å². The van der Waals surface area contributed by atoms with Crippen LogP contribution >= 0.6 is 0 Å². The van der Waals surface area contributed by atoms with Gasteiger partial charge in [0.25, 0.3) is 5.69 Å². The molecule has 0 heterocycles. The summed E-state index contributed by atoms with van der Waals surface area (Å²) < 4.78 is 10.8. The quantitative estimate of drug-likeness (QED) is 0.622. The van der Waals surface area contributed by atoms with Crippen molar-refractivity contribution in [2.45, 2.75) is 6.61 Å². The maximum Gasteiger partial charge on any atom is 0.269 e. The molecule has 0 aliphatic heterocycles. The molecular weight excluding hydrogens is 272 g/mol. The van der Waals surface area contributed by atoms with Gasteiger partial charge in [0.1, 0.15) is 18.1 Å². The Balaban J connectivity index is 2.12. The van der Waals surface area contributed by atoms with Gasteiger partial charge in [-0.25, -0.2) is 0 Å². The summed E-state index contributed by atoms with van der Waals surface area (Å²) in [6.07, 6.45) is 0. The minimum absolute atomic E-state index is 0.00593. The van der Waals surface area contributed by atoms with Crippen LogP contribution in [0.5, 0.6) is 11.5 Å². The van der Waals surface area contributed by atoms with E-state index in [1.165, 1.54) is 31.4 Å². The first-order valence-electron chi connectivity index (χ1n) is 6.08. The molecule has 0 aliphatic rings. The minimum atomic E-state index is -0.469. The van der Waals surface area contributed by atoms with E-state index in [0.717, 1.165) is 5.56 Å². The van der Waals surface area contributed by atoms with Gasteiger partial charge in [-0.3, -0.25) is 10.1 Å². The minimum Gasteiger partial charge on any atom is -0.496 e. The smallest absolute Gasteiger partial charge is 0.269 e. The van der Waals surface area contributed by atoms with E-state index in [4.69, 9.17) is 14.7 Å². The van der Waals surface area contributed by atoms with E-state index < -0.39 is 4.92 Å². The number of nitro benzene ring substituents is 1. The predicted molar refractivity (Wildman–Crippen MR) is 75.1 cm³/mol. The molecule has 0 N–H and O–H groups in total. The molecule has 106 valence electrons. The van der Waals surface area contributed by atoms with Gasteiger partial charge in [-0.15, -0.1) is 0 Å². The highest BCUT2D eigenvalue weighted by Gasteiger charge is 2.07. The van der Waals surface area contributed by atoms with Crippen molar-refractivity contribution in [2.24, 2.45) is 0 Å². The molecule has 2 aromatic rings. The van der Waals surface area contributed by atoms with Gasteiger partial charge in [0.2, 0.25) is 0 Å². The van der Waals surface area contributed by atoms with Gasteiger partial charge >= 0.3 is 0 Å². The maximum absolute atomic E-state index is 10.6. The molecule has 0 fully saturated rings. The molecule has 0 aliphatic carbocycles. The lowest BCUT2D eigenvalue weighted by Gasteiger charge is -2.10. The van der Waals surface area contributed by atoms with Gasteiger partial charge in [0.05, 0.1) is 23.7 Å². The van der Waals surface area contributed by atoms with Crippen LogP contribution in [-0.4, -0.2) is 12.0 Å². The van der Waals surface area contributed by atoms with Crippen LogP contribution in [0.2, 0.25) is 0 Å². The number of hydrogen-bond donors (Lipinski definition) is 0. The van der Waals surface area contributed by atoms with E-state index in [2.05, 4.69) is 6.07 Å². The Morgan fingerprint density at radius 3 is 2.52 bits per heavy atom. The highest BCUT2D eigenvalue weighted by atomic mass is 16.6. The van der Waals surface area contributed by atoms with Crippen molar-refractivity contribution in [3.8, 4) is 17.6 Å². The second-order valence-corrected chi connectivity index (χ2v) is 4.18. The van der Waals surface area contributed by atoms with Crippen LogP contribution in [-0.2, 0) is 6.61 Å². The lowest BCUT2D eigenvalue weighted by Crippen LogP contribution is -1.99. The van der Waals surface area contributed by atoms with Crippen molar-refractivity contribution in [1.82, 2.24) is 0 Å². The van der Waals surface area contributed by atoms with Crippen LogP contribution in [0.15, 0.2) is 42.5 Å². The Kier molecular flexibility index (Phi) is 4.36. The van der Waals surface area contributed by atoms with E-state index in [9.17, 15) is 10.1 Å². The molecule has 0 spiro atoms. The summed E-state index contributed by atoms with van der Waals surface area (Å²) in [5.74, 6) is 1.13. The van der Waals surface area contributed by atoms with Crippen molar-refractivity contribution < 1.29 is 14.4 Å². The molecule has 0 unspecified atom stereocenters. The molecule has 0 saturated carbocycles. The SMILES string of the molecule is COc1ccc(C#N)cc1COc1ccc([N+](=O)[O-])cc1. The van der Waals surface area contributed by atoms with Gasteiger partial charge in [-0.2, -0.15) is 5.26 Å². The Hall–Kier alpha value is -3.07. The summed E-state index contributed by atoms with van der Waals surface area (Å²) in [7, 11) is 1.54. The number of non-ortho nitro benzene ring substituents is 1. The van der Waals surface area contributed by atoms with Crippen molar-refractivity contribution in [2.75, 3.05) is 7.11 Å². The molecule has 21 heavy (non-hydrogen) atoms. The predicted octanol–water partition coefficient (Wildman–Crippen LogP) is 3.05. The average Bonchev–Trinajstić information content (AvgIpc) is 2.52. The molecule has 0 bridgehead atoms. The number of methoxy groups -OCH3 is 1. The van der Waals surface area contributed by atoms with Gasteiger partial charge in [0, 0.05) is 17.7 Å². The number of ether oxygens (including phenoxy) is 2. The summed E-state index contributed by atoms with van der Waals surface area (Å²) in [4.78, 5) is 10.1. The maximum atomic E-state index is 10.6. The third kappa shape index (κ3) is 3.48. The molecule has 6 heteroatoms. The molecule has 2 aromatic carbocycles.